The first-order valence-electron chi connectivity index (χ1n) is 7.82. The third-order valence-electron chi connectivity index (χ3n) is 4.20. The van der Waals surface area contributed by atoms with E-state index in [1.165, 1.54) is 0 Å². The van der Waals surface area contributed by atoms with Gasteiger partial charge in [0.25, 0.3) is 0 Å². The molecule has 1 amide bonds. The fraction of sp³-hybridized carbons (Fsp3) is 0.412. The second-order valence-electron chi connectivity index (χ2n) is 5.68. The Hall–Kier alpha value is -2.08. The zero-order valence-corrected chi connectivity index (χ0v) is 14.0. The quantitative estimate of drug-likeness (QED) is 0.861. The van der Waals surface area contributed by atoms with Gasteiger partial charge in [-0.25, -0.2) is 9.78 Å². The number of aromatic nitrogens is 1. The maximum atomic E-state index is 12.2. The second-order valence-corrected chi connectivity index (χ2v) is 6.56. The van der Waals surface area contributed by atoms with E-state index in [0.29, 0.717) is 6.61 Å². The lowest BCUT2D eigenvalue weighted by Gasteiger charge is -2.36. The number of benzene rings is 1. The number of ether oxygens (including phenoxy) is 1. The molecule has 0 saturated carbocycles. The molecule has 0 radical (unpaired) electrons. The normalized spacial score (nSPS) is 15.4. The highest BCUT2D eigenvalue weighted by Crippen LogP contribution is 2.24. The van der Waals surface area contributed by atoms with Gasteiger partial charge in [-0.2, -0.15) is 0 Å². The summed E-state index contributed by atoms with van der Waals surface area (Å²) in [7, 11) is 1.83. The lowest BCUT2D eigenvalue weighted by atomic mass is 10.0. The maximum Gasteiger partial charge on any atom is 0.410 e. The van der Waals surface area contributed by atoms with Crippen LogP contribution in [0.3, 0.4) is 0 Å². The van der Waals surface area contributed by atoms with Gasteiger partial charge in [-0.1, -0.05) is 30.3 Å². The Morgan fingerprint density at radius 2 is 2.09 bits per heavy atom. The Morgan fingerprint density at radius 1 is 1.35 bits per heavy atom. The SMILES string of the molecule is CN(C(=O)OCc1ccccc1)C1CCN(c2nccs2)CC1. The summed E-state index contributed by atoms with van der Waals surface area (Å²) in [5.41, 5.74) is 1.01. The van der Waals surface area contributed by atoms with Crippen molar-refractivity contribution in [3.63, 3.8) is 0 Å². The fourth-order valence-corrected chi connectivity index (χ4v) is 3.48. The van der Waals surface area contributed by atoms with E-state index in [0.717, 1.165) is 36.6 Å². The number of carbonyl (C=O) groups is 1. The van der Waals surface area contributed by atoms with Crippen molar-refractivity contribution in [2.45, 2.75) is 25.5 Å². The van der Waals surface area contributed by atoms with Gasteiger partial charge in [0, 0.05) is 37.8 Å². The largest absolute Gasteiger partial charge is 0.445 e. The molecule has 1 fully saturated rings. The molecule has 0 aliphatic carbocycles. The van der Waals surface area contributed by atoms with Crippen LogP contribution in [-0.4, -0.2) is 42.2 Å². The molecule has 23 heavy (non-hydrogen) atoms. The molecule has 0 atom stereocenters. The number of thiazole rings is 1. The Balaban J connectivity index is 1.47. The Labute approximate surface area is 140 Å². The number of hydrogen-bond donors (Lipinski definition) is 0. The van der Waals surface area contributed by atoms with E-state index < -0.39 is 0 Å². The molecule has 0 spiro atoms. The van der Waals surface area contributed by atoms with Crippen molar-refractivity contribution in [1.29, 1.82) is 0 Å². The van der Waals surface area contributed by atoms with Crippen LogP contribution < -0.4 is 4.90 Å². The molecule has 0 N–H and O–H groups in total. The van der Waals surface area contributed by atoms with Crippen LogP contribution in [0, 0.1) is 0 Å². The van der Waals surface area contributed by atoms with Crippen LogP contribution in [0.2, 0.25) is 0 Å². The van der Waals surface area contributed by atoms with Crippen molar-refractivity contribution < 1.29 is 9.53 Å². The molecule has 1 aromatic carbocycles. The smallest absolute Gasteiger partial charge is 0.410 e. The van der Waals surface area contributed by atoms with E-state index in [4.69, 9.17) is 4.74 Å². The molecule has 0 bridgehead atoms. The zero-order chi connectivity index (χ0) is 16.1. The van der Waals surface area contributed by atoms with Crippen molar-refractivity contribution in [2.24, 2.45) is 0 Å². The summed E-state index contributed by atoms with van der Waals surface area (Å²) in [5, 5.41) is 3.06. The average molecular weight is 331 g/mol. The summed E-state index contributed by atoms with van der Waals surface area (Å²) in [5.74, 6) is 0. The van der Waals surface area contributed by atoms with Crippen molar-refractivity contribution in [3.05, 3.63) is 47.5 Å². The lowest BCUT2D eigenvalue weighted by molar-refractivity contribution is 0.0862. The van der Waals surface area contributed by atoms with Gasteiger partial charge in [0.2, 0.25) is 0 Å². The van der Waals surface area contributed by atoms with Gasteiger partial charge in [0.05, 0.1) is 0 Å². The molecule has 2 aromatic rings. The predicted molar refractivity (Wildman–Crippen MR) is 91.7 cm³/mol. The van der Waals surface area contributed by atoms with Gasteiger partial charge in [-0.3, -0.25) is 0 Å². The molecule has 5 nitrogen and oxygen atoms in total. The van der Waals surface area contributed by atoms with Crippen molar-refractivity contribution >= 4 is 22.6 Å². The number of nitrogens with zero attached hydrogens (tertiary/aromatic N) is 3. The molecule has 122 valence electrons. The van der Waals surface area contributed by atoms with Crippen LogP contribution in [0.5, 0.6) is 0 Å². The number of piperidine rings is 1. The van der Waals surface area contributed by atoms with Gasteiger partial charge in [0.15, 0.2) is 5.13 Å². The molecular formula is C17H21N3O2S. The van der Waals surface area contributed by atoms with Crippen LogP contribution >= 0.6 is 11.3 Å². The molecule has 1 aliphatic heterocycles. The summed E-state index contributed by atoms with van der Waals surface area (Å²) in [6.45, 7) is 2.17. The number of amides is 1. The predicted octanol–water partition coefficient (Wildman–Crippen LogP) is 3.38. The molecule has 1 aliphatic rings. The van der Waals surface area contributed by atoms with Crippen molar-refractivity contribution in [2.75, 3.05) is 25.0 Å². The topological polar surface area (TPSA) is 45.7 Å². The lowest BCUT2D eigenvalue weighted by Crippen LogP contribution is -2.45. The zero-order valence-electron chi connectivity index (χ0n) is 13.2. The Morgan fingerprint density at radius 3 is 2.74 bits per heavy atom. The standard InChI is InChI=1S/C17H21N3O2S/c1-19(17(21)22-13-14-5-3-2-4-6-14)15-7-10-20(11-8-15)16-18-9-12-23-16/h2-6,9,12,15H,7-8,10-11,13H2,1H3. The van der Waals surface area contributed by atoms with Gasteiger partial charge >= 0.3 is 6.09 Å². The summed E-state index contributed by atoms with van der Waals surface area (Å²) in [6.07, 6.45) is 3.47. The third-order valence-corrected chi connectivity index (χ3v) is 5.03. The summed E-state index contributed by atoms with van der Waals surface area (Å²) >= 11 is 1.66. The highest BCUT2D eigenvalue weighted by atomic mass is 32.1. The minimum atomic E-state index is -0.249. The number of anilines is 1. The number of hydrogen-bond acceptors (Lipinski definition) is 5. The Kier molecular flexibility index (Phi) is 5.12. The van der Waals surface area contributed by atoms with Gasteiger partial charge in [-0.05, 0) is 18.4 Å². The van der Waals surface area contributed by atoms with Crippen LogP contribution in [0.4, 0.5) is 9.93 Å². The van der Waals surface area contributed by atoms with E-state index in [1.807, 2.05) is 49.0 Å². The van der Waals surface area contributed by atoms with Gasteiger partial charge in [-0.15, -0.1) is 11.3 Å². The van der Waals surface area contributed by atoms with Crippen LogP contribution in [0.1, 0.15) is 18.4 Å². The van der Waals surface area contributed by atoms with E-state index in [9.17, 15) is 4.79 Å². The third kappa shape index (κ3) is 4.01. The molecule has 0 unspecified atom stereocenters. The first-order valence-corrected chi connectivity index (χ1v) is 8.70. The molecule has 1 saturated heterocycles. The first-order chi connectivity index (χ1) is 11.2. The van der Waals surface area contributed by atoms with Crippen molar-refractivity contribution in [1.82, 2.24) is 9.88 Å². The van der Waals surface area contributed by atoms with Crippen LogP contribution in [0.15, 0.2) is 41.9 Å². The minimum Gasteiger partial charge on any atom is -0.445 e. The van der Waals surface area contributed by atoms with E-state index in [2.05, 4.69) is 9.88 Å². The number of carbonyl (C=O) groups excluding carboxylic acids is 1. The highest BCUT2D eigenvalue weighted by molar-refractivity contribution is 7.13. The second kappa shape index (κ2) is 7.46. The van der Waals surface area contributed by atoms with Gasteiger partial charge < -0.3 is 14.5 Å². The molecule has 2 heterocycles. The summed E-state index contributed by atoms with van der Waals surface area (Å²) < 4.78 is 5.41. The van der Waals surface area contributed by atoms with E-state index in [-0.39, 0.29) is 12.1 Å². The minimum absolute atomic E-state index is 0.231. The fourth-order valence-electron chi connectivity index (χ4n) is 2.79. The van der Waals surface area contributed by atoms with Crippen LogP contribution in [0.25, 0.3) is 0 Å². The molecule has 3 rings (SSSR count). The van der Waals surface area contributed by atoms with Gasteiger partial charge in [0.1, 0.15) is 6.61 Å². The summed E-state index contributed by atoms with van der Waals surface area (Å²) in [6, 6.07) is 9.99. The monoisotopic (exact) mass is 331 g/mol. The summed E-state index contributed by atoms with van der Waals surface area (Å²) in [4.78, 5) is 20.6. The highest BCUT2D eigenvalue weighted by Gasteiger charge is 2.27. The molecular weight excluding hydrogens is 310 g/mol. The Bertz CT molecular complexity index is 610. The van der Waals surface area contributed by atoms with Crippen molar-refractivity contribution in [3.8, 4) is 0 Å². The van der Waals surface area contributed by atoms with E-state index >= 15 is 0 Å². The number of rotatable bonds is 4. The average Bonchev–Trinajstić information content (AvgIpc) is 3.15. The maximum absolute atomic E-state index is 12.2. The molecule has 1 aromatic heterocycles. The van der Waals surface area contributed by atoms with E-state index in [1.54, 1.807) is 16.2 Å². The first kappa shape index (κ1) is 15.8. The molecule has 6 heteroatoms. The van der Waals surface area contributed by atoms with Crippen LogP contribution in [-0.2, 0) is 11.3 Å².